The molecule has 0 unspecified atom stereocenters. The Balaban J connectivity index is 0.000000226. The second-order valence-corrected chi connectivity index (χ2v) is 11.8. The fourth-order valence-electron chi connectivity index (χ4n) is 5.05. The highest BCUT2D eigenvalue weighted by Crippen LogP contribution is 2.43. The number of phenols is 2. The standard InChI is InChI=1S/2C18H12N4O4.H2O4S/c2*1-26-16-9-14(11-4-2-3-5-12(11)17(16)20-19)22-21-10-6-7-15(23)13(8-10)18(24)25;1-5(2,3)4/h2*2-9H,1H3,(H-,22,23,24,25);(H2,1,2,3,4). The molecule has 57 heavy (non-hydrogen) atoms. The average molecular weight is 795 g/mol. The first-order chi connectivity index (χ1) is 27.1. The van der Waals surface area contributed by atoms with Crippen molar-refractivity contribution in [2.24, 2.45) is 20.5 Å². The quantitative estimate of drug-likeness (QED) is 0.0483. The van der Waals surface area contributed by atoms with E-state index in [0.29, 0.717) is 44.4 Å². The molecule has 0 aromatic heterocycles. The van der Waals surface area contributed by atoms with Gasteiger partial charge in [-0.2, -0.15) is 10.2 Å². The van der Waals surface area contributed by atoms with E-state index >= 15 is 0 Å². The zero-order valence-corrected chi connectivity index (χ0v) is 30.1. The molecule has 0 spiro atoms. The summed E-state index contributed by atoms with van der Waals surface area (Å²) in [5.74, 6) is -2.59. The van der Waals surface area contributed by atoms with Crippen molar-refractivity contribution in [2.45, 2.75) is 0 Å². The number of carboxylic acid groups (broad SMARTS) is 2. The van der Waals surface area contributed by atoms with Crippen molar-refractivity contribution >= 4 is 78.0 Å². The van der Waals surface area contributed by atoms with Crippen molar-refractivity contribution in [1.82, 2.24) is 0 Å². The Morgan fingerprint density at radius 1 is 0.596 bits per heavy atom. The number of aromatic hydroxyl groups is 2. The SMILES string of the molecule is COc1cc(N=Nc2ccc(O)c(C(=O)O)c2)c2ccccc2c1[N+]#N.COc1cc(N=Nc2ccc(O)c(C(=O)O)c2)c2ccccc2c1[N+]#N.O=S(=O)([O-])[O-]. The normalized spacial score (nSPS) is 10.8. The molecular weight excluding hydrogens is 769 g/mol. The second kappa shape index (κ2) is 18.3. The lowest BCUT2D eigenvalue weighted by Crippen LogP contribution is -1.95. The fourth-order valence-corrected chi connectivity index (χ4v) is 5.05. The van der Waals surface area contributed by atoms with Crippen LogP contribution in [0.2, 0.25) is 0 Å². The minimum absolute atomic E-state index is 0.263. The Hall–Kier alpha value is -8.11. The molecule has 21 heteroatoms. The number of nitrogens with zero attached hydrogens (tertiary/aromatic N) is 8. The fraction of sp³-hybridized carbons (Fsp3) is 0.0556. The van der Waals surface area contributed by atoms with Gasteiger partial charge in [-0.3, -0.25) is 8.42 Å². The average Bonchev–Trinajstić information content (AvgIpc) is 3.18. The number of azo groups is 2. The maximum absolute atomic E-state index is 11.1. The van der Waals surface area contributed by atoms with Crippen LogP contribution in [0.4, 0.5) is 34.1 Å². The number of methoxy groups -OCH3 is 2. The van der Waals surface area contributed by atoms with Gasteiger partial charge in [0.25, 0.3) is 0 Å². The molecule has 0 amide bonds. The molecule has 0 fully saturated rings. The number of hydrogen-bond acceptors (Lipinski definition) is 16. The van der Waals surface area contributed by atoms with Gasteiger partial charge in [0.1, 0.15) is 22.6 Å². The molecule has 0 aliphatic carbocycles. The van der Waals surface area contributed by atoms with Gasteiger partial charge in [-0.1, -0.05) is 36.4 Å². The van der Waals surface area contributed by atoms with E-state index in [0.717, 1.165) is 0 Å². The number of fused-ring (bicyclic) bond motifs is 2. The summed E-state index contributed by atoms with van der Waals surface area (Å²) in [6.45, 7) is 0. The van der Waals surface area contributed by atoms with E-state index in [1.54, 1.807) is 60.7 Å². The van der Waals surface area contributed by atoms with Crippen LogP contribution in [0.1, 0.15) is 20.7 Å². The number of carbonyl (C=O) groups is 2. The molecule has 0 saturated carbocycles. The predicted molar refractivity (Wildman–Crippen MR) is 199 cm³/mol. The molecular formula is C36H26N8O12S. The number of hydrogen-bond donors (Lipinski definition) is 4. The molecule has 0 heterocycles. The van der Waals surface area contributed by atoms with Gasteiger partial charge in [-0.05, 0) is 48.5 Å². The number of benzene rings is 6. The highest BCUT2D eigenvalue weighted by Gasteiger charge is 2.24. The van der Waals surface area contributed by atoms with Crippen LogP contribution in [-0.4, -0.2) is 64.1 Å². The van der Waals surface area contributed by atoms with E-state index in [2.05, 4.69) is 30.4 Å². The largest absolute Gasteiger partial charge is 0.759 e. The molecule has 6 aromatic carbocycles. The molecule has 4 N–H and O–H groups in total. The van der Waals surface area contributed by atoms with E-state index in [1.807, 2.05) is 0 Å². The van der Waals surface area contributed by atoms with E-state index < -0.39 is 22.3 Å². The number of diazo groups is 2. The van der Waals surface area contributed by atoms with Gasteiger partial charge in [0.2, 0.25) is 22.3 Å². The summed E-state index contributed by atoms with van der Waals surface area (Å²) in [5.41, 5.74) is 1.46. The Labute approximate surface area is 321 Å². The van der Waals surface area contributed by atoms with Crippen LogP contribution >= 0.6 is 0 Å². The highest BCUT2D eigenvalue weighted by atomic mass is 32.3. The van der Waals surface area contributed by atoms with Gasteiger partial charge < -0.3 is 39.0 Å². The van der Waals surface area contributed by atoms with Crippen molar-refractivity contribution in [2.75, 3.05) is 14.2 Å². The minimum Gasteiger partial charge on any atom is -0.759 e. The topological polar surface area (TPSA) is 320 Å². The Morgan fingerprint density at radius 2 is 0.930 bits per heavy atom. The number of rotatable bonds is 8. The van der Waals surface area contributed by atoms with Crippen LogP contribution in [0.25, 0.3) is 31.5 Å². The summed E-state index contributed by atoms with van der Waals surface area (Å²) in [6.07, 6.45) is 0. The van der Waals surface area contributed by atoms with Crippen LogP contribution < -0.4 is 9.47 Å². The summed E-state index contributed by atoms with van der Waals surface area (Å²) >= 11 is 0. The molecule has 288 valence electrons. The smallest absolute Gasteiger partial charge is 0.434 e. The van der Waals surface area contributed by atoms with Crippen LogP contribution in [0.5, 0.6) is 23.0 Å². The van der Waals surface area contributed by atoms with Crippen LogP contribution in [0.3, 0.4) is 0 Å². The van der Waals surface area contributed by atoms with Crippen molar-refractivity contribution < 1.29 is 57.0 Å². The van der Waals surface area contributed by atoms with Crippen LogP contribution in [0.15, 0.2) is 118 Å². The van der Waals surface area contributed by atoms with Crippen LogP contribution in [0, 0.1) is 10.8 Å². The number of ether oxygens (including phenoxy) is 2. The molecule has 0 bridgehead atoms. The number of aromatic carboxylic acids is 2. The lowest BCUT2D eigenvalue weighted by Gasteiger charge is -2.06. The Morgan fingerprint density at radius 3 is 1.23 bits per heavy atom. The second-order valence-electron chi connectivity index (χ2n) is 11.0. The van der Waals surface area contributed by atoms with Gasteiger partial charge in [-0.15, -0.1) is 10.2 Å². The summed E-state index contributed by atoms with van der Waals surface area (Å²) in [4.78, 5) is 28.7. The first-order valence-corrected chi connectivity index (χ1v) is 17.0. The molecule has 0 radical (unpaired) electrons. The monoisotopic (exact) mass is 794 g/mol. The van der Waals surface area contributed by atoms with Crippen molar-refractivity contribution in [3.05, 3.63) is 118 Å². The van der Waals surface area contributed by atoms with E-state index in [4.69, 9.17) is 37.2 Å². The summed E-state index contributed by atoms with van der Waals surface area (Å²) in [6, 6.07) is 25.2. The van der Waals surface area contributed by atoms with E-state index in [1.165, 1.54) is 50.6 Å². The first-order valence-electron chi connectivity index (χ1n) is 15.6. The molecule has 6 aromatic rings. The molecule has 6 rings (SSSR count). The molecule has 0 aliphatic rings. The summed E-state index contributed by atoms with van der Waals surface area (Å²) in [5, 5.41) is 74.8. The first kappa shape index (κ1) is 41.6. The molecule has 0 saturated heterocycles. The summed E-state index contributed by atoms with van der Waals surface area (Å²) < 4.78 is 44.6. The predicted octanol–water partition coefficient (Wildman–Crippen LogP) is 8.97. The molecule has 20 nitrogen and oxygen atoms in total. The minimum atomic E-state index is -5.17. The van der Waals surface area contributed by atoms with E-state index in [9.17, 15) is 30.6 Å². The van der Waals surface area contributed by atoms with Gasteiger partial charge in [0.15, 0.2) is 9.95 Å². The van der Waals surface area contributed by atoms with Gasteiger partial charge in [-0.25, -0.2) is 9.59 Å². The van der Waals surface area contributed by atoms with Crippen molar-refractivity contribution in [3.63, 3.8) is 0 Å². The van der Waals surface area contributed by atoms with Gasteiger partial charge in [0.05, 0.1) is 47.7 Å². The molecule has 0 atom stereocenters. The lowest BCUT2D eigenvalue weighted by molar-refractivity contribution is 0.0682. The Bertz CT molecular complexity index is 2600. The highest BCUT2D eigenvalue weighted by molar-refractivity contribution is 7.79. The van der Waals surface area contributed by atoms with Gasteiger partial charge in [0, 0.05) is 33.3 Å². The third kappa shape index (κ3) is 10.5. The lowest BCUT2D eigenvalue weighted by atomic mass is 10.1. The number of carboxylic acids is 2. The maximum Gasteiger partial charge on any atom is 0.434 e. The third-order valence-electron chi connectivity index (χ3n) is 7.53. The van der Waals surface area contributed by atoms with Gasteiger partial charge >= 0.3 is 23.3 Å². The van der Waals surface area contributed by atoms with Crippen LogP contribution in [-0.2, 0) is 10.4 Å². The zero-order valence-electron chi connectivity index (χ0n) is 29.3. The zero-order chi connectivity index (χ0) is 41.9. The molecule has 0 aliphatic heterocycles. The van der Waals surface area contributed by atoms with E-state index in [-0.39, 0.29) is 45.4 Å². The maximum atomic E-state index is 11.1. The third-order valence-corrected chi connectivity index (χ3v) is 7.53. The van der Waals surface area contributed by atoms with Crippen molar-refractivity contribution in [3.8, 4) is 23.0 Å². The summed E-state index contributed by atoms with van der Waals surface area (Å²) in [7, 11) is -2.28. The van der Waals surface area contributed by atoms with Crippen molar-refractivity contribution in [1.29, 1.82) is 10.8 Å². The Kier molecular flexibility index (Phi) is 13.4.